The van der Waals surface area contributed by atoms with Gasteiger partial charge in [0, 0.05) is 19.6 Å². The molecule has 0 aromatic carbocycles. The highest BCUT2D eigenvalue weighted by Gasteiger charge is 2.18. The van der Waals surface area contributed by atoms with Crippen molar-refractivity contribution in [2.45, 2.75) is 20.3 Å². The Bertz CT molecular complexity index is 185. The van der Waals surface area contributed by atoms with E-state index in [1.807, 2.05) is 6.92 Å². The molecule has 14 heavy (non-hydrogen) atoms. The molecule has 1 aliphatic heterocycles. The lowest BCUT2D eigenvalue weighted by Gasteiger charge is -2.20. The first-order valence-electron chi connectivity index (χ1n) is 5.42. The molecular weight excluding hydrogens is 180 g/mol. The number of ether oxygens (including phenoxy) is 1. The van der Waals surface area contributed by atoms with Gasteiger partial charge < -0.3 is 14.5 Å². The number of nitrogens with zero attached hydrogens (tertiary/aromatic N) is 2. The van der Waals surface area contributed by atoms with Crippen LogP contribution in [0, 0.1) is 0 Å². The van der Waals surface area contributed by atoms with Crippen LogP contribution in [0.4, 0.5) is 4.79 Å². The van der Waals surface area contributed by atoms with Gasteiger partial charge >= 0.3 is 6.09 Å². The van der Waals surface area contributed by atoms with E-state index in [-0.39, 0.29) is 6.09 Å². The van der Waals surface area contributed by atoms with Crippen LogP contribution in [0.1, 0.15) is 20.3 Å². The van der Waals surface area contributed by atoms with Crippen molar-refractivity contribution in [3.63, 3.8) is 0 Å². The number of amides is 1. The van der Waals surface area contributed by atoms with E-state index in [0.29, 0.717) is 6.61 Å². The van der Waals surface area contributed by atoms with Gasteiger partial charge in [-0.25, -0.2) is 4.79 Å². The maximum Gasteiger partial charge on any atom is 0.409 e. The Kier molecular flexibility index (Phi) is 4.73. The standard InChI is InChI=1S/C10H20N2O2/c1-3-11-6-5-7-12(9-8-11)10(13)14-4-2/h3-9H2,1-2H3. The molecule has 1 saturated heterocycles. The third-order valence-corrected chi connectivity index (χ3v) is 2.56. The molecule has 82 valence electrons. The van der Waals surface area contributed by atoms with Crippen molar-refractivity contribution in [3.8, 4) is 0 Å². The summed E-state index contributed by atoms with van der Waals surface area (Å²) >= 11 is 0. The smallest absolute Gasteiger partial charge is 0.409 e. The zero-order valence-corrected chi connectivity index (χ0v) is 9.16. The van der Waals surface area contributed by atoms with Crippen LogP contribution in [0.25, 0.3) is 0 Å². The fraction of sp³-hybridized carbons (Fsp3) is 0.900. The second kappa shape index (κ2) is 5.86. The lowest BCUT2D eigenvalue weighted by atomic mass is 10.4. The van der Waals surface area contributed by atoms with Gasteiger partial charge in [0.1, 0.15) is 0 Å². The van der Waals surface area contributed by atoms with Crippen LogP contribution in [0.15, 0.2) is 0 Å². The summed E-state index contributed by atoms with van der Waals surface area (Å²) in [6.07, 6.45) is 0.887. The molecule has 1 fully saturated rings. The second-order valence-corrected chi connectivity index (χ2v) is 3.47. The lowest BCUT2D eigenvalue weighted by Crippen LogP contribution is -2.35. The van der Waals surface area contributed by atoms with Crippen molar-refractivity contribution in [1.82, 2.24) is 9.80 Å². The second-order valence-electron chi connectivity index (χ2n) is 3.47. The van der Waals surface area contributed by atoms with Gasteiger partial charge in [0.15, 0.2) is 0 Å². The number of carbonyl (C=O) groups excluding carboxylic acids is 1. The molecular formula is C10H20N2O2. The minimum atomic E-state index is -0.162. The van der Waals surface area contributed by atoms with Gasteiger partial charge in [0.05, 0.1) is 6.61 Å². The molecule has 0 aliphatic carbocycles. The predicted octanol–water partition coefficient (Wildman–Crippen LogP) is 1.17. The van der Waals surface area contributed by atoms with E-state index >= 15 is 0 Å². The van der Waals surface area contributed by atoms with E-state index < -0.39 is 0 Å². The van der Waals surface area contributed by atoms with Crippen LogP contribution >= 0.6 is 0 Å². The van der Waals surface area contributed by atoms with E-state index in [4.69, 9.17) is 4.74 Å². The first-order valence-corrected chi connectivity index (χ1v) is 5.42. The Balaban J connectivity index is 2.37. The number of rotatable bonds is 2. The van der Waals surface area contributed by atoms with Crippen LogP contribution in [-0.4, -0.2) is 55.2 Å². The molecule has 0 saturated carbocycles. The third-order valence-electron chi connectivity index (χ3n) is 2.56. The molecule has 4 nitrogen and oxygen atoms in total. The van der Waals surface area contributed by atoms with E-state index in [1.165, 1.54) is 0 Å². The van der Waals surface area contributed by atoms with Crippen LogP contribution in [0.3, 0.4) is 0 Å². The summed E-state index contributed by atoms with van der Waals surface area (Å²) in [6.45, 7) is 9.21. The summed E-state index contributed by atoms with van der Waals surface area (Å²) in [6, 6.07) is 0. The maximum absolute atomic E-state index is 11.4. The highest BCUT2D eigenvalue weighted by Crippen LogP contribution is 2.04. The van der Waals surface area contributed by atoms with Gasteiger partial charge in [0.2, 0.25) is 0 Å². The molecule has 0 unspecified atom stereocenters. The molecule has 0 radical (unpaired) electrons. The zero-order chi connectivity index (χ0) is 10.4. The molecule has 0 atom stereocenters. The van der Waals surface area contributed by atoms with Crippen molar-refractivity contribution in [1.29, 1.82) is 0 Å². The van der Waals surface area contributed by atoms with Crippen LogP contribution in [-0.2, 0) is 4.74 Å². The molecule has 0 N–H and O–H groups in total. The molecule has 1 heterocycles. The Hall–Kier alpha value is -0.770. The molecule has 1 aliphatic rings. The summed E-state index contributed by atoms with van der Waals surface area (Å²) in [5, 5.41) is 0. The largest absolute Gasteiger partial charge is 0.450 e. The Labute approximate surface area is 85.8 Å². The van der Waals surface area contributed by atoms with Crippen molar-refractivity contribution in [2.24, 2.45) is 0 Å². The van der Waals surface area contributed by atoms with Gasteiger partial charge in [-0.1, -0.05) is 6.92 Å². The van der Waals surface area contributed by atoms with Crippen LogP contribution < -0.4 is 0 Å². The molecule has 0 aromatic heterocycles. The maximum atomic E-state index is 11.4. The van der Waals surface area contributed by atoms with Gasteiger partial charge in [-0.2, -0.15) is 0 Å². The molecule has 1 rings (SSSR count). The first-order chi connectivity index (χ1) is 6.77. The van der Waals surface area contributed by atoms with Gasteiger partial charge in [0.25, 0.3) is 0 Å². The van der Waals surface area contributed by atoms with E-state index in [0.717, 1.165) is 39.1 Å². The van der Waals surface area contributed by atoms with E-state index in [2.05, 4.69) is 11.8 Å². The highest BCUT2D eigenvalue weighted by atomic mass is 16.6. The average molecular weight is 200 g/mol. The Morgan fingerprint density at radius 3 is 2.64 bits per heavy atom. The van der Waals surface area contributed by atoms with Crippen molar-refractivity contribution < 1.29 is 9.53 Å². The molecule has 0 bridgehead atoms. The number of hydrogen-bond donors (Lipinski definition) is 0. The first kappa shape index (κ1) is 11.3. The fourth-order valence-electron chi connectivity index (χ4n) is 1.68. The fourth-order valence-corrected chi connectivity index (χ4v) is 1.68. The SMILES string of the molecule is CCOC(=O)N1CCCN(CC)CC1. The summed E-state index contributed by atoms with van der Waals surface area (Å²) < 4.78 is 4.97. The third kappa shape index (κ3) is 3.18. The van der Waals surface area contributed by atoms with Crippen LogP contribution in [0.2, 0.25) is 0 Å². The summed E-state index contributed by atoms with van der Waals surface area (Å²) in [4.78, 5) is 15.6. The normalized spacial score (nSPS) is 19.1. The summed E-state index contributed by atoms with van der Waals surface area (Å²) in [5.74, 6) is 0. The highest BCUT2D eigenvalue weighted by molar-refractivity contribution is 5.67. The topological polar surface area (TPSA) is 32.8 Å². The van der Waals surface area contributed by atoms with Gasteiger partial charge in [-0.3, -0.25) is 0 Å². The minimum absolute atomic E-state index is 0.162. The van der Waals surface area contributed by atoms with E-state index in [9.17, 15) is 4.79 Å². The Morgan fingerprint density at radius 2 is 2.00 bits per heavy atom. The number of likely N-dealkylation sites (N-methyl/N-ethyl adjacent to an activating group) is 1. The van der Waals surface area contributed by atoms with Crippen molar-refractivity contribution in [2.75, 3.05) is 39.3 Å². The van der Waals surface area contributed by atoms with Crippen molar-refractivity contribution >= 4 is 6.09 Å². The molecule has 0 spiro atoms. The summed E-state index contributed by atoms with van der Waals surface area (Å²) in [7, 11) is 0. The summed E-state index contributed by atoms with van der Waals surface area (Å²) in [5.41, 5.74) is 0. The number of hydrogen-bond acceptors (Lipinski definition) is 3. The predicted molar refractivity (Wildman–Crippen MR) is 55.3 cm³/mol. The quantitative estimate of drug-likeness (QED) is 0.671. The Morgan fingerprint density at radius 1 is 1.21 bits per heavy atom. The van der Waals surface area contributed by atoms with Crippen molar-refractivity contribution in [3.05, 3.63) is 0 Å². The molecule has 4 heteroatoms. The van der Waals surface area contributed by atoms with Crippen LogP contribution in [0.5, 0.6) is 0 Å². The zero-order valence-electron chi connectivity index (χ0n) is 9.16. The molecule has 1 amide bonds. The van der Waals surface area contributed by atoms with Gasteiger partial charge in [-0.05, 0) is 26.4 Å². The van der Waals surface area contributed by atoms with E-state index in [1.54, 1.807) is 4.90 Å². The van der Waals surface area contributed by atoms with Gasteiger partial charge in [-0.15, -0.1) is 0 Å². The average Bonchev–Trinajstić information content (AvgIpc) is 2.42. The minimum Gasteiger partial charge on any atom is -0.450 e. The lowest BCUT2D eigenvalue weighted by molar-refractivity contribution is 0.108. The monoisotopic (exact) mass is 200 g/mol. The number of carbonyl (C=O) groups is 1. The molecule has 0 aromatic rings.